The highest BCUT2D eigenvalue weighted by atomic mass is 32.2. The minimum absolute atomic E-state index is 0.0144. The number of rotatable bonds is 1. The van der Waals surface area contributed by atoms with Gasteiger partial charge in [-0.15, -0.1) is 0 Å². The summed E-state index contributed by atoms with van der Waals surface area (Å²) in [5, 5.41) is 9.87. The van der Waals surface area contributed by atoms with Gasteiger partial charge in [-0.2, -0.15) is 11.8 Å². The highest BCUT2D eigenvalue weighted by Crippen LogP contribution is 2.26. The summed E-state index contributed by atoms with van der Waals surface area (Å²) in [7, 11) is 0. The van der Waals surface area contributed by atoms with Gasteiger partial charge in [-0.05, 0) is 25.1 Å². The van der Waals surface area contributed by atoms with Crippen molar-refractivity contribution in [1.82, 2.24) is 4.90 Å². The lowest BCUT2D eigenvalue weighted by Crippen LogP contribution is -2.47. The fourth-order valence-corrected chi connectivity index (χ4v) is 3.12. The lowest BCUT2D eigenvalue weighted by Gasteiger charge is -2.37. The lowest BCUT2D eigenvalue weighted by molar-refractivity contribution is 0.0698. The van der Waals surface area contributed by atoms with E-state index in [0.29, 0.717) is 10.8 Å². The fourth-order valence-electron chi connectivity index (χ4n) is 2.02. The minimum Gasteiger partial charge on any atom is -0.508 e. The normalized spacial score (nSPS) is 24.7. The molecule has 0 aromatic heterocycles. The molecule has 0 bridgehead atoms. The Balaban J connectivity index is 2.19. The second kappa shape index (κ2) is 5.00. The van der Waals surface area contributed by atoms with E-state index in [1.54, 1.807) is 18.2 Å². The molecule has 1 aliphatic heterocycles. The molecule has 1 amide bonds. The number of carbonyl (C=O) groups excluding carboxylic acids is 1. The predicted octanol–water partition coefficient (Wildman–Crippen LogP) is 2.36. The van der Waals surface area contributed by atoms with Gasteiger partial charge in [-0.3, -0.25) is 4.79 Å². The van der Waals surface area contributed by atoms with Crippen LogP contribution >= 0.6 is 11.8 Å². The molecule has 0 radical (unpaired) electrons. The zero-order valence-electron chi connectivity index (χ0n) is 10.1. The van der Waals surface area contributed by atoms with Crippen LogP contribution in [0.1, 0.15) is 24.2 Å². The topological polar surface area (TPSA) is 40.5 Å². The molecule has 1 aromatic rings. The molecule has 1 heterocycles. The Hall–Kier alpha value is -1.16. The van der Waals surface area contributed by atoms with Crippen molar-refractivity contribution in [3.8, 4) is 5.75 Å². The van der Waals surface area contributed by atoms with E-state index in [1.165, 1.54) is 6.07 Å². The van der Waals surface area contributed by atoms with Crippen molar-refractivity contribution in [2.24, 2.45) is 0 Å². The number of nitrogens with zero attached hydrogens (tertiary/aromatic N) is 1. The van der Waals surface area contributed by atoms with Gasteiger partial charge in [0.15, 0.2) is 0 Å². The molecule has 2 atom stereocenters. The summed E-state index contributed by atoms with van der Waals surface area (Å²) in [4.78, 5) is 14.2. The third-order valence-electron chi connectivity index (χ3n) is 3.24. The molecule has 2 rings (SSSR count). The molecule has 2 unspecified atom stereocenters. The number of thioether (sulfide) groups is 1. The van der Waals surface area contributed by atoms with E-state index in [0.717, 1.165) is 12.3 Å². The third-order valence-corrected chi connectivity index (χ3v) is 4.58. The first-order valence-corrected chi connectivity index (χ1v) is 6.86. The first-order valence-electron chi connectivity index (χ1n) is 5.81. The average molecular weight is 251 g/mol. The molecule has 17 heavy (non-hydrogen) atoms. The van der Waals surface area contributed by atoms with Gasteiger partial charge >= 0.3 is 0 Å². The first kappa shape index (κ1) is 12.3. The van der Waals surface area contributed by atoms with E-state index < -0.39 is 0 Å². The number of phenolic OH excluding ortho intramolecular Hbond substituents is 1. The van der Waals surface area contributed by atoms with Gasteiger partial charge in [0.2, 0.25) is 0 Å². The predicted molar refractivity (Wildman–Crippen MR) is 70.5 cm³/mol. The van der Waals surface area contributed by atoms with Gasteiger partial charge in [0.05, 0.1) is 0 Å². The summed E-state index contributed by atoms with van der Waals surface area (Å²) in [5.41, 5.74) is 0.566. The van der Waals surface area contributed by atoms with E-state index in [1.807, 2.05) is 16.7 Å². The fraction of sp³-hybridized carbons (Fsp3) is 0.462. The molecule has 1 aromatic carbocycles. The number of hydrogen-bond donors (Lipinski definition) is 1. The largest absolute Gasteiger partial charge is 0.508 e. The Morgan fingerprint density at radius 3 is 2.94 bits per heavy atom. The lowest BCUT2D eigenvalue weighted by atomic mass is 10.1. The van der Waals surface area contributed by atoms with Crippen molar-refractivity contribution in [2.45, 2.75) is 25.1 Å². The molecule has 0 spiro atoms. The first-order chi connectivity index (χ1) is 8.09. The van der Waals surface area contributed by atoms with Crippen LogP contribution < -0.4 is 0 Å². The quantitative estimate of drug-likeness (QED) is 0.833. The number of amides is 1. The van der Waals surface area contributed by atoms with Crippen molar-refractivity contribution in [1.29, 1.82) is 0 Å². The average Bonchev–Trinajstić information content (AvgIpc) is 2.32. The van der Waals surface area contributed by atoms with Crippen molar-refractivity contribution in [3.05, 3.63) is 29.8 Å². The molecule has 4 heteroatoms. The van der Waals surface area contributed by atoms with Gasteiger partial charge < -0.3 is 10.0 Å². The molecule has 1 N–H and O–H groups in total. The zero-order valence-corrected chi connectivity index (χ0v) is 10.9. The number of hydrogen-bond acceptors (Lipinski definition) is 3. The van der Waals surface area contributed by atoms with Crippen LogP contribution in [0.3, 0.4) is 0 Å². The Morgan fingerprint density at radius 2 is 2.24 bits per heavy atom. The minimum atomic E-state index is 0.0144. The van der Waals surface area contributed by atoms with Crippen LogP contribution in [0.25, 0.3) is 0 Å². The maximum absolute atomic E-state index is 12.3. The molecule has 1 fully saturated rings. The summed E-state index contributed by atoms with van der Waals surface area (Å²) in [5.74, 6) is 1.14. The van der Waals surface area contributed by atoms with Crippen molar-refractivity contribution < 1.29 is 9.90 Å². The maximum atomic E-state index is 12.3. The summed E-state index contributed by atoms with van der Waals surface area (Å²) in [6.07, 6.45) is 0. The Morgan fingerprint density at radius 1 is 1.47 bits per heavy atom. The van der Waals surface area contributed by atoms with E-state index >= 15 is 0 Å². The van der Waals surface area contributed by atoms with Gasteiger partial charge in [-0.1, -0.05) is 13.0 Å². The number of aromatic hydroxyl groups is 1. The molecule has 0 aliphatic carbocycles. The molecule has 1 saturated heterocycles. The molecule has 3 nitrogen and oxygen atoms in total. The van der Waals surface area contributed by atoms with Crippen LogP contribution in [0.15, 0.2) is 24.3 Å². The third kappa shape index (κ3) is 2.57. The summed E-state index contributed by atoms with van der Waals surface area (Å²) >= 11 is 1.90. The van der Waals surface area contributed by atoms with Crippen LogP contribution in [-0.4, -0.2) is 39.5 Å². The second-order valence-electron chi connectivity index (χ2n) is 4.37. The maximum Gasteiger partial charge on any atom is 0.254 e. The van der Waals surface area contributed by atoms with Crippen molar-refractivity contribution in [3.63, 3.8) is 0 Å². The van der Waals surface area contributed by atoms with Gasteiger partial charge in [0, 0.05) is 29.2 Å². The van der Waals surface area contributed by atoms with Crippen molar-refractivity contribution in [2.75, 3.05) is 12.3 Å². The molecule has 1 aliphatic rings. The van der Waals surface area contributed by atoms with Gasteiger partial charge in [-0.25, -0.2) is 0 Å². The van der Waals surface area contributed by atoms with Gasteiger partial charge in [0.25, 0.3) is 5.91 Å². The Labute approximate surface area is 106 Å². The summed E-state index contributed by atoms with van der Waals surface area (Å²) in [6.45, 7) is 5.01. The van der Waals surface area contributed by atoms with E-state index in [9.17, 15) is 9.90 Å². The van der Waals surface area contributed by atoms with Gasteiger partial charge in [0.1, 0.15) is 5.75 Å². The van der Waals surface area contributed by atoms with Crippen LogP contribution in [0.5, 0.6) is 5.75 Å². The SMILES string of the molecule is CC1SCCN(C(=O)c2cccc(O)c2)C1C. The van der Waals surface area contributed by atoms with Crippen LogP contribution in [0.2, 0.25) is 0 Å². The Kier molecular flexibility index (Phi) is 3.62. The smallest absolute Gasteiger partial charge is 0.254 e. The highest BCUT2D eigenvalue weighted by molar-refractivity contribution is 8.00. The van der Waals surface area contributed by atoms with E-state index in [2.05, 4.69) is 13.8 Å². The summed E-state index contributed by atoms with van der Waals surface area (Å²) < 4.78 is 0. The van der Waals surface area contributed by atoms with E-state index in [-0.39, 0.29) is 17.7 Å². The van der Waals surface area contributed by atoms with Crippen molar-refractivity contribution >= 4 is 17.7 Å². The second-order valence-corrected chi connectivity index (χ2v) is 5.85. The Bertz CT molecular complexity index is 422. The molecular formula is C13H17NO2S. The zero-order chi connectivity index (χ0) is 12.4. The van der Waals surface area contributed by atoms with Crippen LogP contribution in [-0.2, 0) is 0 Å². The molecule has 92 valence electrons. The number of carbonyl (C=O) groups is 1. The monoisotopic (exact) mass is 251 g/mol. The summed E-state index contributed by atoms with van der Waals surface area (Å²) in [6, 6.07) is 6.80. The standard InChI is InChI=1S/C13H17NO2S/c1-9-10(2)17-7-6-14(9)13(16)11-4-3-5-12(15)8-11/h3-5,8-10,15H,6-7H2,1-2H3. The molecular weight excluding hydrogens is 234 g/mol. The van der Waals surface area contributed by atoms with Crippen LogP contribution in [0, 0.1) is 0 Å². The highest BCUT2D eigenvalue weighted by Gasteiger charge is 2.29. The number of phenols is 1. The number of benzene rings is 1. The molecule has 0 saturated carbocycles. The van der Waals surface area contributed by atoms with E-state index in [4.69, 9.17) is 0 Å². The van der Waals surface area contributed by atoms with Crippen LogP contribution in [0.4, 0.5) is 0 Å².